The van der Waals surface area contributed by atoms with E-state index in [9.17, 15) is 5.11 Å². The first kappa shape index (κ1) is 13.1. The summed E-state index contributed by atoms with van der Waals surface area (Å²) in [7, 11) is 0. The fourth-order valence-corrected chi connectivity index (χ4v) is 3.15. The van der Waals surface area contributed by atoms with Crippen molar-refractivity contribution >= 4 is 17.5 Å². The Morgan fingerprint density at radius 2 is 2.11 bits per heavy atom. The summed E-state index contributed by atoms with van der Waals surface area (Å²) in [5.74, 6) is 0.847. The van der Waals surface area contributed by atoms with Crippen LogP contribution in [-0.2, 0) is 4.74 Å². The molecule has 2 aliphatic rings. The molecule has 1 aromatic rings. The lowest BCUT2D eigenvalue weighted by atomic mass is 9.89. The first-order chi connectivity index (χ1) is 9.25. The van der Waals surface area contributed by atoms with Crippen molar-refractivity contribution < 1.29 is 9.84 Å². The van der Waals surface area contributed by atoms with E-state index in [1.807, 2.05) is 0 Å². The zero-order valence-electron chi connectivity index (χ0n) is 10.7. The maximum Gasteiger partial charge on any atom is 0.225 e. The van der Waals surface area contributed by atoms with Crippen molar-refractivity contribution in [1.82, 2.24) is 9.97 Å². The Morgan fingerprint density at radius 3 is 2.84 bits per heavy atom. The zero-order chi connectivity index (χ0) is 13.2. The lowest BCUT2D eigenvalue weighted by Crippen LogP contribution is -2.46. The molecule has 0 bridgehead atoms. The molecule has 6 heteroatoms. The molecule has 104 valence electrons. The van der Waals surface area contributed by atoms with Gasteiger partial charge in [-0.05, 0) is 19.3 Å². The van der Waals surface area contributed by atoms with Crippen LogP contribution in [0.15, 0.2) is 12.4 Å². The predicted octanol–water partition coefficient (Wildman–Crippen LogP) is 1.50. The van der Waals surface area contributed by atoms with E-state index < -0.39 is 0 Å². The van der Waals surface area contributed by atoms with Gasteiger partial charge in [0, 0.05) is 25.1 Å². The molecule has 0 spiro atoms. The van der Waals surface area contributed by atoms with Gasteiger partial charge in [0.2, 0.25) is 5.95 Å². The van der Waals surface area contributed by atoms with Crippen molar-refractivity contribution in [3.05, 3.63) is 17.4 Å². The third-order valence-corrected chi connectivity index (χ3v) is 4.21. The average molecular weight is 284 g/mol. The van der Waals surface area contributed by atoms with Crippen LogP contribution in [0, 0.1) is 5.92 Å². The first-order valence-corrected chi connectivity index (χ1v) is 7.13. The van der Waals surface area contributed by atoms with Crippen LogP contribution in [0.3, 0.4) is 0 Å². The summed E-state index contributed by atoms with van der Waals surface area (Å²) in [6.07, 6.45) is 5.82. The SMILES string of the molecule is OC1CCOCC1C1CCCN1c1ncc(Cl)cn1. The van der Waals surface area contributed by atoms with E-state index in [1.54, 1.807) is 12.4 Å². The molecule has 3 rings (SSSR count). The van der Waals surface area contributed by atoms with Gasteiger partial charge in [0.25, 0.3) is 0 Å². The minimum absolute atomic E-state index is 0.149. The molecule has 19 heavy (non-hydrogen) atoms. The Kier molecular flexibility index (Phi) is 3.86. The molecule has 3 unspecified atom stereocenters. The first-order valence-electron chi connectivity index (χ1n) is 6.75. The van der Waals surface area contributed by atoms with Gasteiger partial charge in [-0.25, -0.2) is 9.97 Å². The minimum atomic E-state index is -0.286. The van der Waals surface area contributed by atoms with E-state index in [0.29, 0.717) is 24.2 Å². The highest BCUT2D eigenvalue weighted by Gasteiger charge is 2.38. The number of hydrogen-bond acceptors (Lipinski definition) is 5. The van der Waals surface area contributed by atoms with Crippen LogP contribution in [0.4, 0.5) is 5.95 Å². The molecule has 0 aromatic carbocycles. The Balaban J connectivity index is 1.79. The number of rotatable bonds is 2. The van der Waals surface area contributed by atoms with Crippen molar-refractivity contribution in [2.45, 2.75) is 31.4 Å². The molecular weight excluding hydrogens is 266 g/mol. The van der Waals surface area contributed by atoms with Gasteiger partial charge in [0.05, 0.1) is 30.1 Å². The molecule has 3 heterocycles. The number of halogens is 1. The molecule has 1 aromatic heterocycles. The molecule has 2 saturated heterocycles. The number of anilines is 1. The number of hydrogen-bond donors (Lipinski definition) is 1. The van der Waals surface area contributed by atoms with Gasteiger partial charge in [0.15, 0.2) is 0 Å². The lowest BCUT2D eigenvalue weighted by Gasteiger charge is -2.36. The quantitative estimate of drug-likeness (QED) is 0.891. The number of nitrogens with zero attached hydrogens (tertiary/aromatic N) is 3. The van der Waals surface area contributed by atoms with Gasteiger partial charge in [-0.3, -0.25) is 0 Å². The van der Waals surface area contributed by atoms with Crippen LogP contribution in [0.25, 0.3) is 0 Å². The number of aromatic nitrogens is 2. The standard InChI is InChI=1S/C13H18ClN3O2/c14-9-6-15-13(16-7-9)17-4-1-2-11(17)10-8-19-5-3-12(10)18/h6-7,10-12,18H,1-5,8H2. The highest BCUT2D eigenvalue weighted by Crippen LogP contribution is 2.32. The van der Waals surface area contributed by atoms with E-state index in [0.717, 1.165) is 25.8 Å². The van der Waals surface area contributed by atoms with Crippen LogP contribution in [-0.4, -0.2) is 47.0 Å². The largest absolute Gasteiger partial charge is 0.393 e. The van der Waals surface area contributed by atoms with Crippen molar-refractivity contribution in [2.75, 3.05) is 24.7 Å². The summed E-state index contributed by atoms with van der Waals surface area (Å²) in [6.45, 7) is 2.20. The Bertz CT molecular complexity index is 428. The van der Waals surface area contributed by atoms with E-state index in [4.69, 9.17) is 16.3 Å². The second-order valence-corrected chi connectivity index (χ2v) is 5.64. The van der Waals surface area contributed by atoms with Gasteiger partial charge in [-0.15, -0.1) is 0 Å². The van der Waals surface area contributed by atoms with E-state index >= 15 is 0 Å². The Morgan fingerprint density at radius 1 is 1.32 bits per heavy atom. The lowest BCUT2D eigenvalue weighted by molar-refractivity contribution is -0.0438. The minimum Gasteiger partial charge on any atom is -0.393 e. The van der Waals surface area contributed by atoms with E-state index in [1.165, 1.54) is 0 Å². The highest BCUT2D eigenvalue weighted by atomic mass is 35.5. The fourth-order valence-electron chi connectivity index (χ4n) is 3.06. The average Bonchev–Trinajstić information content (AvgIpc) is 2.89. The topological polar surface area (TPSA) is 58.5 Å². The van der Waals surface area contributed by atoms with Crippen molar-refractivity contribution in [1.29, 1.82) is 0 Å². The molecule has 2 aliphatic heterocycles. The second kappa shape index (κ2) is 5.61. The second-order valence-electron chi connectivity index (χ2n) is 5.20. The number of aliphatic hydroxyl groups is 1. The molecular formula is C13H18ClN3O2. The van der Waals surface area contributed by atoms with Crippen LogP contribution in [0.5, 0.6) is 0 Å². The van der Waals surface area contributed by atoms with Gasteiger partial charge < -0.3 is 14.7 Å². The maximum absolute atomic E-state index is 10.2. The summed E-state index contributed by atoms with van der Waals surface area (Å²) in [4.78, 5) is 10.8. The van der Waals surface area contributed by atoms with Crippen LogP contribution in [0.1, 0.15) is 19.3 Å². The summed E-state index contributed by atoms with van der Waals surface area (Å²) in [5, 5.41) is 10.7. The molecule has 0 radical (unpaired) electrons. The Labute approximate surface area is 117 Å². The van der Waals surface area contributed by atoms with Gasteiger partial charge in [-0.2, -0.15) is 0 Å². The number of ether oxygens (including phenoxy) is 1. The molecule has 1 N–H and O–H groups in total. The summed E-state index contributed by atoms with van der Waals surface area (Å²) in [6, 6.07) is 0.261. The van der Waals surface area contributed by atoms with E-state index in [2.05, 4.69) is 14.9 Å². The maximum atomic E-state index is 10.2. The molecule has 3 atom stereocenters. The molecule has 0 amide bonds. The Hall–Kier alpha value is -0.910. The highest BCUT2D eigenvalue weighted by molar-refractivity contribution is 6.30. The molecule has 5 nitrogen and oxygen atoms in total. The summed E-state index contributed by atoms with van der Waals surface area (Å²) < 4.78 is 5.52. The third-order valence-electron chi connectivity index (χ3n) is 4.02. The van der Waals surface area contributed by atoms with Crippen LogP contribution < -0.4 is 4.90 Å². The van der Waals surface area contributed by atoms with Crippen LogP contribution >= 0.6 is 11.6 Å². The monoisotopic (exact) mass is 283 g/mol. The van der Waals surface area contributed by atoms with Crippen molar-refractivity contribution in [2.24, 2.45) is 5.92 Å². The predicted molar refractivity (Wildman–Crippen MR) is 72.3 cm³/mol. The summed E-state index contributed by atoms with van der Waals surface area (Å²) >= 11 is 5.82. The third kappa shape index (κ3) is 2.68. The normalized spacial score (nSPS) is 31.7. The zero-order valence-corrected chi connectivity index (χ0v) is 11.5. The van der Waals surface area contributed by atoms with Crippen molar-refractivity contribution in [3.63, 3.8) is 0 Å². The summed E-state index contributed by atoms with van der Waals surface area (Å²) in [5.41, 5.74) is 0. The van der Waals surface area contributed by atoms with Gasteiger partial charge in [0.1, 0.15) is 0 Å². The van der Waals surface area contributed by atoms with Gasteiger partial charge in [-0.1, -0.05) is 11.6 Å². The smallest absolute Gasteiger partial charge is 0.225 e. The van der Waals surface area contributed by atoms with Crippen molar-refractivity contribution in [3.8, 4) is 0 Å². The molecule has 2 fully saturated rings. The molecule has 0 aliphatic carbocycles. The number of aliphatic hydroxyl groups excluding tert-OH is 1. The fraction of sp³-hybridized carbons (Fsp3) is 0.692. The van der Waals surface area contributed by atoms with Gasteiger partial charge >= 0.3 is 0 Å². The van der Waals surface area contributed by atoms with Crippen LogP contribution in [0.2, 0.25) is 5.02 Å². The molecule has 0 saturated carbocycles. The van der Waals surface area contributed by atoms with E-state index in [-0.39, 0.29) is 18.1 Å².